The van der Waals surface area contributed by atoms with Crippen LogP contribution in [0.4, 0.5) is 0 Å². The standard InChI is InChI=1S/C5H9N3O4/c9-5(10)4-2-1-3-7(4)8(12)6-11/h4,11H,1-3H2,(H,9,10)/p-2/b8-6-. The van der Waals surface area contributed by atoms with Gasteiger partial charge in [-0.2, -0.15) is 0 Å². The molecule has 1 fully saturated rings. The zero-order valence-electron chi connectivity index (χ0n) is 6.17. The number of carbonyl (C=O) groups excluding carboxylic acids is 1. The minimum atomic E-state index is -1.35. The van der Waals surface area contributed by atoms with Gasteiger partial charge < -0.3 is 20.3 Å². The quantitative estimate of drug-likeness (QED) is 0.289. The number of carboxylic acid groups (broad SMARTS) is 1. The van der Waals surface area contributed by atoms with Gasteiger partial charge in [0.05, 0.1) is 12.5 Å². The van der Waals surface area contributed by atoms with Crippen molar-refractivity contribution < 1.29 is 14.9 Å². The van der Waals surface area contributed by atoms with Crippen molar-refractivity contribution >= 4 is 5.97 Å². The summed E-state index contributed by atoms with van der Waals surface area (Å²) in [5, 5.41) is 33.6. The second-order valence-electron chi connectivity index (χ2n) is 2.47. The lowest BCUT2D eigenvalue weighted by atomic mass is 10.2. The first kappa shape index (κ1) is 8.57. The Morgan fingerprint density at radius 1 is 1.67 bits per heavy atom. The van der Waals surface area contributed by atoms with Gasteiger partial charge in [0.2, 0.25) is 0 Å². The van der Waals surface area contributed by atoms with Gasteiger partial charge in [-0.05, 0) is 18.1 Å². The summed E-state index contributed by atoms with van der Waals surface area (Å²) in [4.78, 5) is 10.1. The third-order valence-corrected chi connectivity index (χ3v) is 1.79. The Hall–Kier alpha value is -1.53. The fourth-order valence-electron chi connectivity index (χ4n) is 1.24. The van der Waals surface area contributed by atoms with E-state index >= 15 is 0 Å². The molecule has 1 rings (SSSR count). The van der Waals surface area contributed by atoms with Gasteiger partial charge in [0.1, 0.15) is 6.04 Å². The van der Waals surface area contributed by atoms with E-state index in [0.717, 1.165) is 5.01 Å². The number of hydrogen-bond acceptors (Lipinski definition) is 5. The zero-order valence-corrected chi connectivity index (χ0v) is 6.17. The highest BCUT2D eigenvalue weighted by Gasteiger charge is 2.31. The van der Waals surface area contributed by atoms with Crippen molar-refractivity contribution in [1.82, 2.24) is 5.01 Å². The number of rotatable bonds is 2. The average molecular weight is 173 g/mol. The number of hydrogen-bond donors (Lipinski definition) is 0. The van der Waals surface area contributed by atoms with Gasteiger partial charge in [-0.25, -0.2) is 0 Å². The first-order chi connectivity index (χ1) is 5.66. The van der Waals surface area contributed by atoms with E-state index in [9.17, 15) is 20.3 Å². The second-order valence-corrected chi connectivity index (χ2v) is 2.47. The Balaban J connectivity index is 2.70. The molecule has 0 amide bonds. The highest BCUT2D eigenvalue weighted by atomic mass is 16.6. The van der Waals surface area contributed by atoms with E-state index in [4.69, 9.17) is 0 Å². The molecule has 1 unspecified atom stereocenters. The van der Waals surface area contributed by atoms with Crippen LogP contribution in [0.3, 0.4) is 0 Å². The highest BCUT2D eigenvalue weighted by Crippen LogP contribution is 2.16. The molecule has 1 atom stereocenters. The van der Waals surface area contributed by atoms with Crippen LogP contribution in [0, 0.1) is 10.4 Å². The van der Waals surface area contributed by atoms with E-state index in [1.807, 2.05) is 0 Å². The zero-order chi connectivity index (χ0) is 9.14. The van der Waals surface area contributed by atoms with Crippen molar-refractivity contribution in [3.63, 3.8) is 0 Å². The van der Waals surface area contributed by atoms with E-state index in [1.165, 1.54) is 0 Å². The topological polar surface area (TPSA) is 105 Å². The summed E-state index contributed by atoms with van der Waals surface area (Å²) in [6.07, 6.45) is 0.865. The van der Waals surface area contributed by atoms with Crippen molar-refractivity contribution in [2.45, 2.75) is 18.9 Å². The lowest BCUT2D eigenvalue weighted by molar-refractivity contribution is -0.692. The van der Waals surface area contributed by atoms with Gasteiger partial charge in [-0.3, -0.25) is 0 Å². The first-order valence-electron chi connectivity index (χ1n) is 3.44. The van der Waals surface area contributed by atoms with Gasteiger partial charge in [0.25, 0.3) is 0 Å². The maximum atomic E-state index is 10.6. The summed E-state index contributed by atoms with van der Waals surface area (Å²) in [7, 11) is 0. The summed E-state index contributed by atoms with van der Waals surface area (Å²) in [5.41, 5.74) is 0. The normalized spacial score (nSPS) is 24.5. The smallest absolute Gasteiger partial charge is 0.127 e. The molecule has 7 heteroatoms. The van der Waals surface area contributed by atoms with Crippen molar-refractivity contribution in [2.24, 2.45) is 5.28 Å². The molecule has 12 heavy (non-hydrogen) atoms. The van der Waals surface area contributed by atoms with E-state index in [-0.39, 0.29) is 11.5 Å². The Labute approximate surface area is 68.0 Å². The van der Waals surface area contributed by atoms with Gasteiger partial charge in [0, 0.05) is 4.97 Å². The minimum absolute atomic E-state index is 0.230. The number of nitrogens with zero attached hydrogens (tertiary/aromatic N) is 3. The molecule has 0 aliphatic carbocycles. The Morgan fingerprint density at radius 3 is 2.83 bits per heavy atom. The lowest BCUT2D eigenvalue weighted by Crippen LogP contribution is -2.46. The Bertz CT molecular complexity index is 217. The van der Waals surface area contributed by atoms with Crippen LogP contribution in [0.2, 0.25) is 0 Å². The van der Waals surface area contributed by atoms with Crippen LogP contribution in [-0.4, -0.2) is 28.5 Å². The maximum Gasteiger partial charge on any atom is 0.127 e. The Kier molecular flexibility index (Phi) is 2.32. The van der Waals surface area contributed by atoms with E-state index < -0.39 is 12.0 Å². The largest absolute Gasteiger partial charge is 0.737 e. The van der Waals surface area contributed by atoms with Gasteiger partial charge in [-0.15, -0.1) is 5.01 Å². The molecule has 1 saturated heterocycles. The molecule has 0 bridgehead atoms. The predicted octanol–water partition coefficient (Wildman–Crippen LogP) is -1.42. The van der Waals surface area contributed by atoms with Crippen molar-refractivity contribution in [1.29, 1.82) is 0 Å². The van der Waals surface area contributed by atoms with Crippen molar-refractivity contribution in [3.8, 4) is 0 Å². The second kappa shape index (κ2) is 3.24. The van der Waals surface area contributed by atoms with Crippen molar-refractivity contribution in [3.05, 3.63) is 10.4 Å². The molecule has 0 radical (unpaired) electrons. The van der Waals surface area contributed by atoms with Crippen molar-refractivity contribution in [2.75, 3.05) is 6.54 Å². The Morgan fingerprint density at radius 2 is 2.33 bits per heavy atom. The summed E-state index contributed by atoms with van der Waals surface area (Å²) in [6, 6.07) is -1.01. The van der Waals surface area contributed by atoms with E-state index in [0.29, 0.717) is 12.8 Å². The third kappa shape index (κ3) is 1.39. The summed E-state index contributed by atoms with van der Waals surface area (Å²) in [6.45, 7) is 0.230. The summed E-state index contributed by atoms with van der Waals surface area (Å²) in [5.74, 6) is -1.35. The number of carboxylic acids is 1. The molecule has 1 aliphatic heterocycles. The van der Waals surface area contributed by atoms with Crippen LogP contribution in [0.25, 0.3) is 0 Å². The fourth-order valence-corrected chi connectivity index (χ4v) is 1.24. The molecular formula is C5H7N3O4-2. The molecule has 1 aliphatic rings. The first-order valence-corrected chi connectivity index (χ1v) is 3.44. The molecule has 0 saturated carbocycles. The highest BCUT2D eigenvalue weighted by molar-refractivity contribution is 5.71. The van der Waals surface area contributed by atoms with Crippen LogP contribution < -0.4 is 5.11 Å². The summed E-state index contributed by atoms with van der Waals surface area (Å²) < 4.78 is 0. The number of carbonyl (C=O) groups is 1. The molecule has 0 aromatic heterocycles. The molecule has 7 nitrogen and oxygen atoms in total. The number of hydrazine groups is 1. The molecule has 1 heterocycles. The van der Waals surface area contributed by atoms with Crippen LogP contribution in [0.15, 0.2) is 5.28 Å². The SMILES string of the molecule is O=C([O-])C1CCCN1/[N+]([O-])=N/[O-]. The minimum Gasteiger partial charge on any atom is -0.737 e. The van der Waals surface area contributed by atoms with Gasteiger partial charge in [0.15, 0.2) is 0 Å². The van der Waals surface area contributed by atoms with Gasteiger partial charge in [-0.1, -0.05) is 0 Å². The third-order valence-electron chi connectivity index (χ3n) is 1.79. The predicted molar refractivity (Wildman–Crippen MR) is 34.2 cm³/mol. The molecule has 0 spiro atoms. The lowest BCUT2D eigenvalue weighted by Gasteiger charge is -2.21. The van der Waals surface area contributed by atoms with Crippen LogP contribution in [-0.2, 0) is 4.79 Å². The van der Waals surface area contributed by atoms with Crippen LogP contribution in [0.1, 0.15) is 12.8 Å². The maximum absolute atomic E-state index is 10.6. The van der Waals surface area contributed by atoms with Crippen LogP contribution in [0.5, 0.6) is 0 Å². The average Bonchev–Trinajstić information content (AvgIpc) is 2.50. The monoisotopic (exact) mass is 173 g/mol. The molecule has 68 valence electrons. The molecular weight excluding hydrogens is 166 g/mol. The van der Waals surface area contributed by atoms with E-state index in [1.54, 1.807) is 0 Å². The molecule has 0 aromatic carbocycles. The summed E-state index contributed by atoms with van der Waals surface area (Å²) >= 11 is 0. The van der Waals surface area contributed by atoms with Gasteiger partial charge >= 0.3 is 0 Å². The molecule has 0 N–H and O–H groups in total. The molecule has 0 aromatic rings. The van der Waals surface area contributed by atoms with Crippen LogP contribution >= 0.6 is 0 Å². The van der Waals surface area contributed by atoms with E-state index in [2.05, 4.69) is 5.28 Å². The number of aliphatic carboxylic acids is 1. The fraction of sp³-hybridized carbons (Fsp3) is 0.800.